The van der Waals surface area contributed by atoms with E-state index in [1.807, 2.05) is 48.5 Å². The lowest BCUT2D eigenvalue weighted by Crippen LogP contribution is -2.45. The van der Waals surface area contributed by atoms with Crippen molar-refractivity contribution in [2.75, 3.05) is 23.3 Å². The van der Waals surface area contributed by atoms with Gasteiger partial charge in [0.15, 0.2) is 0 Å². The van der Waals surface area contributed by atoms with Crippen molar-refractivity contribution < 1.29 is 14.4 Å². The Morgan fingerprint density at radius 2 is 1.77 bits per heavy atom. The molecule has 1 saturated heterocycles. The van der Waals surface area contributed by atoms with E-state index in [1.54, 1.807) is 11.0 Å². The maximum atomic E-state index is 13.0. The third-order valence-electron chi connectivity index (χ3n) is 4.82. The van der Waals surface area contributed by atoms with E-state index in [0.717, 1.165) is 5.56 Å². The average Bonchev–Trinajstić information content (AvgIpc) is 3.02. The minimum atomic E-state index is -0.426. The van der Waals surface area contributed by atoms with Crippen molar-refractivity contribution in [3.63, 3.8) is 0 Å². The lowest BCUT2D eigenvalue weighted by Gasteiger charge is -2.30. The van der Waals surface area contributed by atoms with Crippen LogP contribution in [0.2, 0.25) is 0 Å². The van der Waals surface area contributed by atoms with Gasteiger partial charge in [0.1, 0.15) is 6.54 Å². The molecule has 2 aromatic carbocycles. The first kappa shape index (κ1) is 16.3. The van der Waals surface area contributed by atoms with E-state index in [0.29, 0.717) is 24.5 Å². The van der Waals surface area contributed by atoms with Crippen LogP contribution >= 0.6 is 0 Å². The summed E-state index contributed by atoms with van der Waals surface area (Å²) in [6.45, 7) is 0.868. The number of benzene rings is 2. The van der Waals surface area contributed by atoms with Gasteiger partial charge in [-0.2, -0.15) is 0 Å². The van der Waals surface area contributed by atoms with Gasteiger partial charge in [-0.05, 0) is 17.7 Å². The van der Waals surface area contributed by atoms with Crippen molar-refractivity contribution in [1.82, 2.24) is 4.90 Å². The number of nitrogens with one attached hydrogen (secondary N) is 1. The zero-order valence-corrected chi connectivity index (χ0v) is 14.2. The van der Waals surface area contributed by atoms with Crippen LogP contribution in [0.15, 0.2) is 54.6 Å². The molecule has 26 heavy (non-hydrogen) atoms. The van der Waals surface area contributed by atoms with E-state index < -0.39 is 5.92 Å². The molecule has 4 rings (SSSR count). The van der Waals surface area contributed by atoms with Crippen LogP contribution in [0.3, 0.4) is 0 Å². The van der Waals surface area contributed by atoms with E-state index in [-0.39, 0.29) is 30.7 Å². The monoisotopic (exact) mass is 349 g/mol. The van der Waals surface area contributed by atoms with E-state index in [2.05, 4.69) is 5.32 Å². The predicted molar refractivity (Wildman–Crippen MR) is 97.4 cm³/mol. The topological polar surface area (TPSA) is 69.7 Å². The van der Waals surface area contributed by atoms with Gasteiger partial charge in [-0.1, -0.05) is 42.5 Å². The molecule has 6 nitrogen and oxygen atoms in total. The Labute approximate surface area is 151 Å². The molecular formula is C20H19N3O3. The fourth-order valence-electron chi connectivity index (χ4n) is 3.54. The minimum absolute atomic E-state index is 0.0147. The zero-order valence-electron chi connectivity index (χ0n) is 14.2. The second kappa shape index (κ2) is 6.63. The lowest BCUT2D eigenvalue weighted by molar-refractivity contribution is -0.129. The van der Waals surface area contributed by atoms with E-state index in [9.17, 15) is 14.4 Å². The van der Waals surface area contributed by atoms with E-state index in [1.165, 1.54) is 4.90 Å². The summed E-state index contributed by atoms with van der Waals surface area (Å²) in [4.78, 5) is 40.5. The summed E-state index contributed by atoms with van der Waals surface area (Å²) in [6, 6.07) is 17.0. The minimum Gasteiger partial charge on any atom is -0.338 e. The molecule has 1 unspecified atom stereocenters. The summed E-state index contributed by atoms with van der Waals surface area (Å²) in [6.07, 6.45) is 0.186. The largest absolute Gasteiger partial charge is 0.338 e. The normalized spacial score (nSPS) is 19.3. The van der Waals surface area contributed by atoms with Gasteiger partial charge in [-0.3, -0.25) is 14.4 Å². The van der Waals surface area contributed by atoms with Crippen LogP contribution in [0, 0.1) is 5.92 Å². The van der Waals surface area contributed by atoms with Crippen LogP contribution in [0.25, 0.3) is 0 Å². The standard InChI is InChI=1S/C20H19N3O3/c24-18-13-23(17-9-5-4-8-16(17)21-18)20(26)15-10-19(25)22(12-15)11-14-6-2-1-3-7-14/h1-9,15H,10-13H2,(H,21,24). The molecule has 0 saturated carbocycles. The number of rotatable bonds is 3. The molecule has 2 aliphatic rings. The number of hydrogen-bond acceptors (Lipinski definition) is 3. The van der Waals surface area contributed by atoms with Crippen LogP contribution in [0.5, 0.6) is 0 Å². The van der Waals surface area contributed by atoms with Crippen LogP contribution in [-0.4, -0.2) is 35.7 Å². The summed E-state index contributed by atoms with van der Waals surface area (Å²) < 4.78 is 0. The van der Waals surface area contributed by atoms with Gasteiger partial charge in [0.05, 0.1) is 17.3 Å². The first-order chi connectivity index (χ1) is 12.6. The highest BCUT2D eigenvalue weighted by Crippen LogP contribution is 2.32. The van der Waals surface area contributed by atoms with Crippen molar-refractivity contribution in [1.29, 1.82) is 0 Å². The van der Waals surface area contributed by atoms with Gasteiger partial charge in [-0.15, -0.1) is 0 Å². The van der Waals surface area contributed by atoms with Crippen LogP contribution < -0.4 is 10.2 Å². The van der Waals surface area contributed by atoms with Crippen molar-refractivity contribution >= 4 is 29.1 Å². The highest BCUT2D eigenvalue weighted by molar-refractivity contribution is 6.11. The first-order valence-electron chi connectivity index (χ1n) is 8.64. The number of para-hydroxylation sites is 2. The Bertz CT molecular complexity index is 866. The van der Waals surface area contributed by atoms with Gasteiger partial charge in [0.25, 0.3) is 0 Å². The molecular weight excluding hydrogens is 330 g/mol. The molecule has 0 radical (unpaired) electrons. The summed E-state index contributed by atoms with van der Waals surface area (Å²) >= 11 is 0. The SMILES string of the molecule is O=C1CN(C(=O)C2CC(=O)N(Cc3ccccc3)C2)c2ccccc2N1. The molecule has 0 aliphatic carbocycles. The van der Waals surface area contributed by atoms with Crippen LogP contribution in [0.4, 0.5) is 11.4 Å². The molecule has 1 atom stereocenters. The molecule has 0 spiro atoms. The highest BCUT2D eigenvalue weighted by Gasteiger charge is 2.38. The number of fused-ring (bicyclic) bond motifs is 1. The van der Waals surface area contributed by atoms with Gasteiger partial charge in [0, 0.05) is 19.5 Å². The maximum absolute atomic E-state index is 13.0. The second-order valence-electron chi connectivity index (χ2n) is 6.65. The molecule has 6 heteroatoms. The van der Waals surface area contributed by atoms with Gasteiger partial charge >= 0.3 is 0 Å². The van der Waals surface area contributed by atoms with E-state index >= 15 is 0 Å². The number of carbonyl (C=O) groups is 3. The van der Waals surface area contributed by atoms with Gasteiger partial charge in [0.2, 0.25) is 17.7 Å². The predicted octanol–water partition coefficient (Wildman–Crippen LogP) is 2.02. The molecule has 2 heterocycles. The molecule has 2 aliphatic heterocycles. The summed E-state index contributed by atoms with van der Waals surface area (Å²) in [7, 11) is 0. The number of amides is 3. The number of likely N-dealkylation sites (tertiary alicyclic amines) is 1. The Balaban J connectivity index is 1.51. The number of hydrogen-bond donors (Lipinski definition) is 1. The highest BCUT2D eigenvalue weighted by atomic mass is 16.2. The summed E-state index contributed by atoms with van der Waals surface area (Å²) in [5, 5.41) is 2.78. The number of carbonyl (C=O) groups excluding carboxylic acids is 3. The fraction of sp³-hybridized carbons (Fsp3) is 0.250. The quantitative estimate of drug-likeness (QED) is 0.922. The zero-order chi connectivity index (χ0) is 18.1. The maximum Gasteiger partial charge on any atom is 0.244 e. The Kier molecular flexibility index (Phi) is 4.16. The van der Waals surface area contributed by atoms with Crippen molar-refractivity contribution in [2.24, 2.45) is 5.92 Å². The molecule has 132 valence electrons. The molecule has 1 fully saturated rings. The molecule has 2 aromatic rings. The first-order valence-corrected chi connectivity index (χ1v) is 8.64. The molecule has 1 N–H and O–H groups in total. The Hall–Kier alpha value is -3.15. The number of anilines is 2. The summed E-state index contributed by atoms with van der Waals surface area (Å²) in [5.74, 6) is -0.842. The van der Waals surface area contributed by atoms with Gasteiger partial charge < -0.3 is 15.1 Å². The van der Waals surface area contributed by atoms with Crippen molar-refractivity contribution in [3.8, 4) is 0 Å². The number of nitrogens with zero attached hydrogens (tertiary/aromatic N) is 2. The molecule has 0 bridgehead atoms. The third kappa shape index (κ3) is 3.06. The summed E-state index contributed by atoms with van der Waals surface area (Å²) in [5.41, 5.74) is 2.35. The second-order valence-corrected chi connectivity index (χ2v) is 6.65. The Morgan fingerprint density at radius 1 is 1.04 bits per heavy atom. The molecule has 0 aromatic heterocycles. The van der Waals surface area contributed by atoms with Crippen molar-refractivity contribution in [3.05, 3.63) is 60.2 Å². The Morgan fingerprint density at radius 3 is 2.58 bits per heavy atom. The van der Waals surface area contributed by atoms with E-state index in [4.69, 9.17) is 0 Å². The van der Waals surface area contributed by atoms with Gasteiger partial charge in [-0.25, -0.2) is 0 Å². The van der Waals surface area contributed by atoms with Crippen molar-refractivity contribution in [2.45, 2.75) is 13.0 Å². The van der Waals surface area contributed by atoms with Crippen LogP contribution in [-0.2, 0) is 20.9 Å². The van der Waals surface area contributed by atoms with Crippen LogP contribution in [0.1, 0.15) is 12.0 Å². The molecule has 3 amide bonds. The average molecular weight is 349 g/mol. The lowest BCUT2D eigenvalue weighted by atomic mass is 10.1. The smallest absolute Gasteiger partial charge is 0.244 e. The fourth-order valence-corrected chi connectivity index (χ4v) is 3.54. The third-order valence-corrected chi connectivity index (χ3v) is 4.82.